The van der Waals surface area contributed by atoms with Crippen molar-refractivity contribution in [1.29, 1.82) is 0 Å². The van der Waals surface area contributed by atoms with E-state index in [1.807, 2.05) is 0 Å². The third kappa shape index (κ3) is 5.45. The van der Waals surface area contributed by atoms with Crippen molar-refractivity contribution in [3.8, 4) is 0 Å². The lowest BCUT2D eigenvalue weighted by Gasteiger charge is -2.33. The van der Waals surface area contributed by atoms with E-state index in [1.165, 1.54) is 15.6 Å². The molecule has 2 rings (SSSR count). The number of piperidine rings is 1. The summed E-state index contributed by atoms with van der Waals surface area (Å²) in [5.74, 6) is -1.14. The minimum absolute atomic E-state index is 0.0892. The van der Waals surface area contributed by atoms with E-state index in [9.17, 15) is 26.4 Å². The molecule has 0 aliphatic carbocycles. The van der Waals surface area contributed by atoms with E-state index >= 15 is 0 Å². The lowest BCUT2D eigenvalue weighted by atomic mass is 9.96. The zero-order valence-corrected chi connectivity index (χ0v) is 14.8. The molecule has 1 aliphatic heterocycles. The molecule has 0 aromatic carbocycles. The van der Waals surface area contributed by atoms with Gasteiger partial charge in [-0.05, 0) is 35.2 Å². The molecule has 2 heterocycles. The van der Waals surface area contributed by atoms with Crippen LogP contribution in [0, 0.1) is 5.92 Å². The summed E-state index contributed by atoms with van der Waals surface area (Å²) in [6.07, 6.45) is -2.91. The zero-order valence-electron chi connectivity index (χ0n) is 13.1. The van der Waals surface area contributed by atoms with Gasteiger partial charge in [-0.25, -0.2) is 12.7 Å². The Morgan fingerprint density at radius 1 is 1.38 bits per heavy atom. The summed E-state index contributed by atoms with van der Waals surface area (Å²) in [5, 5.41) is 3.46. The van der Waals surface area contributed by atoms with E-state index in [-0.39, 0.29) is 32.5 Å². The summed E-state index contributed by atoms with van der Waals surface area (Å²) in [7, 11) is -3.34. The average Bonchev–Trinajstić information content (AvgIpc) is 2.96. The fraction of sp³-hybridized carbons (Fsp3) is 0.643. The number of carbonyl (C=O) groups excluding carboxylic acids is 1. The van der Waals surface area contributed by atoms with Crippen LogP contribution in [-0.4, -0.2) is 55.6 Å². The molecule has 0 atom stereocenters. The van der Waals surface area contributed by atoms with Gasteiger partial charge in [-0.3, -0.25) is 4.79 Å². The number of carbonyl (C=O) groups is 1. The third-order valence-electron chi connectivity index (χ3n) is 3.91. The first kappa shape index (κ1) is 19.2. The van der Waals surface area contributed by atoms with E-state index < -0.39 is 34.6 Å². The van der Waals surface area contributed by atoms with Gasteiger partial charge in [-0.2, -0.15) is 24.5 Å². The van der Waals surface area contributed by atoms with Crippen LogP contribution >= 0.6 is 11.3 Å². The van der Waals surface area contributed by atoms with Gasteiger partial charge in [-0.1, -0.05) is 0 Å². The Kier molecular flexibility index (Phi) is 5.92. The highest BCUT2D eigenvalue weighted by Gasteiger charge is 2.37. The largest absolute Gasteiger partial charge is 0.406 e. The van der Waals surface area contributed by atoms with Crippen LogP contribution in [0.25, 0.3) is 0 Å². The minimum Gasteiger partial charge on any atom is -0.329 e. The molecule has 0 N–H and O–H groups in total. The van der Waals surface area contributed by atoms with Crippen molar-refractivity contribution in [3.63, 3.8) is 0 Å². The number of halogens is 3. The second-order valence-corrected chi connectivity index (χ2v) is 8.64. The SMILES string of the molecule is CS(=O)(=O)N1CCC(C(=O)N(Cc2ccsc2)CC(F)(F)F)CC1. The van der Waals surface area contributed by atoms with Gasteiger partial charge in [0.1, 0.15) is 6.54 Å². The monoisotopic (exact) mass is 384 g/mol. The van der Waals surface area contributed by atoms with E-state index in [0.717, 1.165) is 11.2 Å². The standard InChI is InChI=1S/C14H19F3N2O3S2/c1-24(21,22)19-5-2-12(3-6-19)13(20)18(10-14(15,16)17)8-11-4-7-23-9-11/h4,7,9,12H,2-3,5-6,8,10H2,1H3. The molecule has 1 amide bonds. The first-order valence-corrected chi connectivity index (χ1v) is 10.2. The second-order valence-electron chi connectivity index (χ2n) is 5.88. The Hall–Kier alpha value is -1.13. The molecule has 136 valence electrons. The maximum Gasteiger partial charge on any atom is 0.406 e. The molecule has 24 heavy (non-hydrogen) atoms. The predicted molar refractivity (Wildman–Crippen MR) is 84.9 cm³/mol. The Balaban J connectivity index is 2.05. The van der Waals surface area contributed by atoms with Crippen molar-refractivity contribution in [2.24, 2.45) is 5.92 Å². The molecular formula is C14H19F3N2O3S2. The molecule has 0 unspecified atom stereocenters. The van der Waals surface area contributed by atoms with Crippen LogP contribution in [0.5, 0.6) is 0 Å². The van der Waals surface area contributed by atoms with Crippen molar-refractivity contribution in [2.75, 3.05) is 25.9 Å². The number of thiophene rings is 1. The van der Waals surface area contributed by atoms with E-state index in [1.54, 1.807) is 16.8 Å². The number of nitrogens with zero attached hydrogens (tertiary/aromatic N) is 2. The van der Waals surface area contributed by atoms with Crippen molar-refractivity contribution in [1.82, 2.24) is 9.21 Å². The van der Waals surface area contributed by atoms with Crippen LogP contribution in [0.1, 0.15) is 18.4 Å². The summed E-state index contributed by atoms with van der Waals surface area (Å²) in [4.78, 5) is 13.3. The molecule has 5 nitrogen and oxygen atoms in total. The number of rotatable bonds is 5. The minimum atomic E-state index is -4.47. The van der Waals surface area contributed by atoms with Crippen molar-refractivity contribution >= 4 is 27.3 Å². The van der Waals surface area contributed by atoms with Gasteiger partial charge >= 0.3 is 6.18 Å². The van der Waals surface area contributed by atoms with Crippen LogP contribution in [0.4, 0.5) is 13.2 Å². The fourth-order valence-electron chi connectivity index (χ4n) is 2.72. The highest BCUT2D eigenvalue weighted by molar-refractivity contribution is 7.88. The molecule has 1 aromatic rings. The van der Waals surface area contributed by atoms with Crippen LogP contribution in [0.2, 0.25) is 0 Å². The molecule has 1 fully saturated rings. The molecule has 0 bridgehead atoms. The molecule has 1 saturated heterocycles. The zero-order chi connectivity index (χ0) is 18.0. The molecular weight excluding hydrogens is 365 g/mol. The lowest BCUT2D eigenvalue weighted by molar-refractivity contribution is -0.165. The first-order valence-electron chi connectivity index (χ1n) is 7.38. The van der Waals surface area contributed by atoms with Gasteiger partial charge in [0.05, 0.1) is 6.26 Å². The molecule has 1 aliphatic rings. The molecule has 10 heteroatoms. The molecule has 0 spiro atoms. The Morgan fingerprint density at radius 3 is 2.46 bits per heavy atom. The highest BCUT2D eigenvalue weighted by atomic mass is 32.2. The second kappa shape index (κ2) is 7.40. The summed E-state index contributed by atoms with van der Waals surface area (Å²) in [5.41, 5.74) is 0.658. The lowest BCUT2D eigenvalue weighted by Crippen LogP contribution is -2.46. The van der Waals surface area contributed by atoms with Crippen molar-refractivity contribution in [2.45, 2.75) is 25.6 Å². The summed E-state index contributed by atoms with van der Waals surface area (Å²) in [6.45, 7) is -1.07. The normalized spacial score (nSPS) is 17.8. The number of hydrogen-bond acceptors (Lipinski definition) is 4. The van der Waals surface area contributed by atoms with Gasteiger partial charge in [0, 0.05) is 25.6 Å². The van der Waals surface area contributed by atoms with Gasteiger partial charge in [0.15, 0.2) is 0 Å². The van der Waals surface area contributed by atoms with Crippen molar-refractivity contribution in [3.05, 3.63) is 22.4 Å². The fourth-order valence-corrected chi connectivity index (χ4v) is 4.26. The number of alkyl halides is 3. The third-order valence-corrected chi connectivity index (χ3v) is 5.94. The summed E-state index contributed by atoms with van der Waals surface area (Å²) in [6, 6.07) is 1.69. The van der Waals surface area contributed by atoms with Crippen LogP contribution in [-0.2, 0) is 21.4 Å². The Labute approximate surface area is 143 Å². The summed E-state index contributed by atoms with van der Waals surface area (Å²) < 4.78 is 62.6. The van der Waals surface area contributed by atoms with Crippen LogP contribution in [0.3, 0.4) is 0 Å². The smallest absolute Gasteiger partial charge is 0.329 e. The molecule has 0 saturated carbocycles. The van der Waals surface area contributed by atoms with E-state index in [4.69, 9.17) is 0 Å². The molecule has 0 radical (unpaired) electrons. The number of sulfonamides is 1. The Bertz CT molecular complexity index is 651. The number of amides is 1. The van der Waals surface area contributed by atoms with Gasteiger partial charge in [0.25, 0.3) is 0 Å². The maximum absolute atomic E-state index is 12.8. The first-order chi connectivity index (χ1) is 11.1. The highest BCUT2D eigenvalue weighted by Crippen LogP contribution is 2.25. The predicted octanol–water partition coefficient (Wildman–Crippen LogP) is 2.31. The quantitative estimate of drug-likeness (QED) is 0.783. The van der Waals surface area contributed by atoms with Gasteiger partial charge < -0.3 is 4.90 Å². The summed E-state index contributed by atoms with van der Waals surface area (Å²) >= 11 is 1.36. The maximum atomic E-state index is 12.8. The van der Waals surface area contributed by atoms with E-state index in [0.29, 0.717) is 5.56 Å². The van der Waals surface area contributed by atoms with Crippen LogP contribution in [0.15, 0.2) is 16.8 Å². The van der Waals surface area contributed by atoms with E-state index in [2.05, 4.69) is 0 Å². The van der Waals surface area contributed by atoms with Gasteiger partial charge in [0.2, 0.25) is 15.9 Å². The topological polar surface area (TPSA) is 57.7 Å². The van der Waals surface area contributed by atoms with Crippen LogP contribution < -0.4 is 0 Å². The molecule has 1 aromatic heterocycles. The average molecular weight is 384 g/mol. The van der Waals surface area contributed by atoms with Crippen molar-refractivity contribution < 1.29 is 26.4 Å². The van der Waals surface area contributed by atoms with Gasteiger partial charge in [-0.15, -0.1) is 0 Å². The number of hydrogen-bond donors (Lipinski definition) is 0. The Morgan fingerprint density at radius 2 is 2.00 bits per heavy atom.